The molecule has 4 heterocycles. The Bertz CT molecular complexity index is 3210. The molecule has 0 N–H and O–H groups in total. The predicted molar refractivity (Wildman–Crippen MR) is 235 cm³/mol. The van der Waals surface area contributed by atoms with E-state index in [9.17, 15) is 0 Å². The summed E-state index contributed by atoms with van der Waals surface area (Å²) in [6, 6.07) is 55.8. The van der Waals surface area contributed by atoms with E-state index in [1.807, 2.05) is 60.7 Å². The van der Waals surface area contributed by atoms with Crippen LogP contribution in [0.3, 0.4) is 0 Å². The fourth-order valence-electron chi connectivity index (χ4n) is 8.72. The van der Waals surface area contributed by atoms with Crippen molar-refractivity contribution in [2.75, 3.05) is 4.90 Å². The minimum absolute atomic E-state index is 0.258. The highest BCUT2D eigenvalue weighted by molar-refractivity contribution is 7.25. The van der Waals surface area contributed by atoms with Gasteiger partial charge in [0, 0.05) is 64.9 Å². The number of nitrogens with zero attached hydrogens (tertiary/aromatic N) is 4. The summed E-state index contributed by atoms with van der Waals surface area (Å²) >= 11 is 1.80. The molecule has 0 bridgehead atoms. The summed E-state index contributed by atoms with van der Waals surface area (Å²) in [6.07, 6.45) is 8.98. The largest absolute Gasteiger partial charge is 0.456 e. The number of anilines is 2. The van der Waals surface area contributed by atoms with Crippen molar-refractivity contribution in [2.24, 2.45) is 0 Å². The summed E-state index contributed by atoms with van der Waals surface area (Å²) in [5.41, 5.74) is 10.8. The van der Waals surface area contributed by atoms with Gasteiger partial charge in [0.2, 0.25) is 0 Å². The van der Waals surface area contributed by atoms with Gasteiger partial charge < -0.3 is 9.32 Å². The molecule has 0 radical (unpaired) electrons. The van der Waals surface area contributed by atoms with Crippen molar-refractivity contribution in [1.82, 2.24) is 15.0 Å². The summed E-state index contributed by atoms with van der Waals surface area (Å²) in [5.74, 6) is 2.33. The number of furan rings is 1. The van der Waals surface area contributed by atoms with Crippen molar-refractivity contribution < 1.29 is 4.42 Å². The maximum absolute atomic E-state index is 6.51. The maximum Gasteiger partial charge on any atom is 0.164 e. The van der Waals surface area contributed by atoms with Crippen LogP contribution in [0.25, 0.3) is 87.4 Å². The summed E-state index contributed by atoms with van der Waals surface area (Å²) in [4.78, 5) is 17.3. The first-order valence-corrected chi connectivity index (χ1v) is 20.1. The molecule has 2 aliphatic rings. The van der Waals surface area contributed by atoms with Crippen LogP contribution in [0.5, 0.6) is 0 Å². The van der Waals surface area contributed by atoms with Crippen LogP contribution in [0.15, 0.2) is 186 Å². The van der Waals surface area contributed by atoms with Gasteiger partial charge in [-0.1, -0.05) is 133 Å². The molecule has 57 heavy (non-hydrogen) atoms. The van der Waals surface area contributed by atoms with Gasteiger partial charge in [0.1, 0.15) is 11.2 Å². The summed E-state index contributed by atoms with van der Waals surface area (Å²) in [5, 5.41) is 4.72. The van der Waals surface area contributed by atoms with Crippen molar-refractivity contribution in [1.29, 1.82) is 0 Å². The molecule has 0 fully saturated rings. The Morgan fingerprint density at radius 2 is 1.05 bits per heavy atom. The summed E-state index contributed by atoms with van der Waals surface area (Å²) in [6.45, 7) is 0. The molecule has 10 aromatic rings. The number of para-hydroxylation sites is 1. The van der Waals surface area contributed by atoms with Crippen molar-refractivity contribution in [3.8, 4) is 45.3 Å². The van der Waals surface area contributed by atoms with Gasteiger partial charge in [-0.2, -0.15) is 0 Å². The molecule has 0 saturated heterocycles. The quantitative estimate of drug-likeness (QED) is 0.175. The Hall–Kier alpha value is -7.15. The SMILES string of the molecule is C1=CC2c3ccccc3N(c3ccc4oc5cc(-c6ccc7c(c6)sc6cc(-c8nc(-c9ccccc9)nc(-c9ccccc9)n8)ccc67)ccc5c4c3)C2C=C1. The van der Waals surface area contributed by atoms with Crippen LogP contribution in [0.4, 0.5) is 11.4 Å². The van der Waals surface area contributed by atoms with Crippen molar-refractivity contribution >= 4 is 64.8 Å². The second-order valence-corrected chi connectivity index (χ2v) is 15.9. The minimum Gasteiger partial charge on any atom is -0.456 e. The van der Waals surface area contributed by atoms with Crippen LogP contribution >= 0.6 is 11.3 Å². The number of fused-ring (bicyclic) bond motifs is 9. The standard InChI is InChI=1S/C51H32N4OS/c1-3-11-31(12-4-1)49-52-50(32-13-5-2-6-14-32)54-51(53-49)35-21-25-41-40-24-20-34(28-47(40)57-48(41)29-35)33-19-23-39-42-30-36(22-26-45(42)56-46(39)27-33)55-43-17-9-7-15-37(43)38-16-8-10-18-44(38)55/h1-30,37,43H. The second-order valence-electron chi connectivity index (χ2n) is 14.8. The van der Waals surface area contributed by atoms with Gasteiger partial charge in [-0.3, -0.25) is 0 Å². The number of allylic oxidation sites excluding steroid dienone is 2. The van der Waals surface area contributed by atoms with Crippen molar-refractivity contribution in [3.63, 3.8) is 0 Å². The van der Waals surface area contributed by atoms with E-state index in [1.54, 1.807) is 11.3 Å². The fourth-order valence-corrected chi connectivity index (χ4v) is 9.90. The zero-order valence-electron chi connectivity index (χ0n) is 30.6. The molecule has 1 aliphatic carbocycles. The van der Waals surface area contributed by atoms with Crippen LogP contribution in [0, 0.1) is 0 Å². The number of hydrogen-bond donors (Lipinski definition) is 0. The van der Waals surface area contributed by atoms with Gasteiger partial charge in [0.15, 0.2) is 17.5 Å². The molecule has 2 atom stereocenters. The lowest BCUT2D eigenvalue weighted by atomic mass is 9.91. The van der Waals surface area contributed by atoms with E-state index in [1.165, 1.54) is 37.1 Å². The third kappa shape index (κ3) is 5.25. The average molecular weight is 749 g/mol. The Labute approximate surface area is 332 Å². The van der Waals surface area contributed by atoms with Gasteiger partial charge in [-0.05, 0) is 65.2 Å². The van der Waals surface area contributed by atoms with Gasteiger partial charge >= 0.3 is 0 Å². The van der Waals surface area contributed by atoms with E-state index in [0.717, 1.165) is 49.8 Å². The lowest BCUT2D eigenvalue weighted by Gasteiger charge is -2.28. The zero-order chi connectivity index (χ0) is 37.5. The van der Waals surface area contributed by atoms with Crippen LogP contribution in [0.1, 0.15) is 11.5 Å². The number of aromatic nitrogens is 3. The minimum atomic E-state index is 0.258. The molecule has 5 nitrogen and oxygen atoms in total. The first kappa shape index (κ1) is 32.1. The number of rotatable bonds is 5. The number of benzene rings is 7. The van der Waals surface area contributed by atoms with Crippen molar-refractivity contribution in [3.05, 3.63) is 188 Å². The lowest BCUT2D eigenvalue weighted by molar-refractivity contribution is 0.669. The molecule has 268 valence electrons. The Morgan fingerprint density at radius 1 is 0.456 bits per heavy atom. The van der Waals surface area contributed by atoms with Crippen molar-refractivity contribution in [2.45, 2.75) is 12.0 Å². The van der Waals surface area contributed by atoms with Crippen LogP contribution in [0.2, 0.25) is 0 Å². The Balaban J connectivity index is 0.898. The second kappa shape index (κ2) is 12.7. The molecule has 0 saturated carbocycles. The predicted octanol–water partition coefficient (Wildman–Crippen LogP) is 13.5. The van der Waals surface area contributed by atoms with Gasteiger partial charge in [-0.15, -0.1) is 11.3 Å². The zero-order valence-corrected chi connectivity index (χ0v) is 31.4. The smallest absolute Gasteiger partial charge is 0.164 e. The third-order valence-electron chi connectivity index (χ3n) is 11.5. The number of hydrogen-bond acceptors (Lipinski definition) is 6. The molecule has 2 unspecified atom stereocenters. The number of thiophene rings is 1. The Morgan fingerprint density at radius 3 is 1.79 bits per heavy atom. The molecule has 1 aliphatic heterocycles. The molecule has 0 spiro atoms. The molecular formula is C51H32N4OS. The highest BCUT2D eigenvalue weighted by Gasteiger charge is 2.37. The van der Waals surface area contributed by atoms with Gasteiger partial charge in [-0.25, -0.2) is 15.0 Å². The fraction of sp³-hybridized carbons (Fsp3) is 0.0392. The topological polar surface area (TPSA) is 55.1 Å². The first-order chi connectivity index (χ1) is 28.2. The highest BCUT2D eigenvalue weighted by atomic mass is 32.1. The molecule has 0 amide bonds. The highest BCUT2D eigenvalue weighted by Crippen LogP contribution is 2.48. The van der Waals surface area contributed by atoms with E-state index in [-0.39, 0.29) is 6.04 Å². The molecular weight excluding hydrogens is 717 g/mol. The normalized spacial score (nSPS) is 15.9. The van der Waals surface area contributed by atoms with Crippen LogP contribution < -0.4 is 4.90 Å². The third-order valence-corrected chi connectivity index (χ3v) is 12.6. The molecule has 6 heteroatoms. The van der Waals surface area contributed by atoms with E-state index < -0.39 is 0 Å². The van der Waals surface area contributed by atoms with Gasteiger partial charge in [0.25, 0.3) is 0 Å². The van der Waals surface area contributed by atoms with Gasteiger partial charge in [0.05, 0.1) is 6.04 Å². The van der Waals surface area contributed by atoms with E-state index in [4.69, 9.17) is 19.4 Å². The molecule has 12 rings (SSSR count). The Kier molecular flexibility index (Phi) is 7.16. The van der Waals surface area contributed by atoms with E-state index in [0.29, 0.717) is 23.4 Å². The van der Waals surface area contributed by atoms with E-state index in [2.05, 4.69) is 126 Å². The lowest BCUT2D eigenvalue weighted by Crippen LogP contribution is -2.28. The van der Waals surface area contributed by atoms with Crippen LogP contribution in [-0.2, 0) is 0 Å². The van der Waals surface area contributed by atoms with E-state index >= 15 is 0 Å². The van der Waals surface area contributed by atoms with Crippen LogP contribution in [-0.4, -0.2) is 21.0 Å². The molecule has 3 aromatic heterocycles. The first-order valence-electron chi connectivity index (χ1n) is 19.3. The maximum atomic E-state index is 6.51. The molecule has 7 aromatic carbocycles. The average Bonchev–Trinajstić information content (AvgIpc) is 3.95. The monoisotopic (exact) mass is 748 g/mol. The summed E-state index contributed by atoms with van der Waals surface area (Å²) < 4.78 is 8.94. The summed E-state index contributed by atoms with van der Waals surface area (Å²) in [7, 11) is 0.